The summed E-state index contributed by atoms with van der Waals surface area (Å²) in [7, 11) is -13.9. The fourth-order valence-electron chi connectivity index (χ4n) is 2.06. The number of rotatable bonds is 9. The van der Waals surface area contributed by atoms with E-state index in [1.165, 1.54) is 0 Å². The van der Waals surface area contributed by atoms with E-state index in [9.17, 15) is 14.4 Å². The molecule has 0 fully saturated rings. The summed E-state index contributed by atoms with van der Waals surface area (Å²) >= 11 is 0. The highest BCUT2D eigenvalue weighted by Crippen LogP contribution is 2.23. The third kappa shape index (κ3) is 12.3. The van der Waals surface area contributed by atoms with Gasteiger partial charge in [-0.3, -0.25) is 0 Å². The summed E-state index contributed by atoms with van der Waals surface area (Å²) in [4.78, 5) is 30.0. The Balaban J connectivity index is 5.15. The highest BCUT2D eigenvalue weighted by Gasteiger charge is 2.47. The second kappa shape index (κ2) is 7.36. The van der Waals surface area contributed by atoms with Gasteiger partial charge in [0.05, 0.1) is 6.23 Å². The molecule has 0 bridgehead atoms. The maximum Gasteiger partial charge on any atom is 0.342 e. The van der Waals surface area contributed by atoms with Crippen LogP contribution in [0.4, 0.5) is 0 Å². The fourth-order valence-corrected chi connectivity index (χ4v) is 19.3. The molecule has 0 saturated heterocycles. The lowest BCUT2D eigenvalue weighted by atomic mass is 11.7. The topological polar surface area (TPSA) is 97.6 Å². The lowest BCUT2D eigenvalue weighted by molar-refractivity contribution is 0.215. The highest BCUT2D eigenvalue weighted by atomic mass is 28.5. The molecule has 0 aliphatic rings. The molecule has 12 heteroatoms. The van der Waals surface area contributed by atoms with E-state index in [1.807, 2.05) is 13.1 Å². The molecule has 0 amide bonds. The van der Waals surface area contributed by atoms with Gasteiger partial charge in [0.15, 0.2) is 0 Å². The molecule has 1 atom stereocenters. The van der Waals surface area contributed by atoms with Crippen LogP contribution in [0.25, 0.3) is 0 Å². The van der Waals surface area contributed by atoms with Gasteiger partial charge >= 0.3 is 42.8 Å². The largest absolute Gasteiger partial charge is 0.416 e. The summed E-state index contributed by atoms with van der Waals surface area (Å²) in [5.74, 6) is 0. The first-order valence-corrected chi connectivity index (χ1v) is 21.1. The average Bonchev–Trinajstić information content (AvgIpc) is 2.04. The lowest BCUT2D eigenvalue weighted by Crippen LogP contribution is -2.61. The molecule has 0 saturated carbocycles. The van der Waals surface area contributed by atoms with Crippen molar-refractivity contribution in [3.63, 3.8) is 0 Å². The van der Waals surface area contributed by atoms with Gasteiger partial charge < -0.3 is 31.2 Å². The van der Waals surface area contributed by atoms with Crippen LogP contribution in [0.3, 0.4) is 0 Å². The monoisotopic (exact) mass is 404 g/mol. The second-order valence-electron chi connectivity index (χ2n) is 7.47. The quantitative estimate of drug-likeness (QED) is 0.500. The molecular weight excluding hydrogens is 373 g/mol. The Morgan fingerprint density at radius 3 is 1.32 bits per heavy atom. The van der Waals surface area contributed by atoms with Gasteiger partial charge in [-0.25, -0.2) is 0 Å². The standard InChI is InChI=1S/C10H32O7Si5/c1-18(2,11)14-10-22(9,16-20(5,6)13)17-21(7,8)15-19(3,4)12/h11-13H,10H2,1-9H3. The minimum absolute atomic E-state index is 0.118. The van der Waals surface area contributed by atoms with E-state index >= 15 is 0 Å². The van der Waals surface area contributed by atoms with Gasteiger partial charge in [0, 0.05) is 0 Å². The van der Waals surface area contributed by atoms with E-state index in [1.54, 1.807) is 45.8 Å². The molecule has 134 valence electrons. The minimum atomic E-state index is -2.92. The summed E-state index contributed by atoms with van der Waals surface area (Å²) in [6.07, 6.45) is 0.118. The van der Waals surface area contributed by atoms with Crippen molar-refractivity contribution in [2.75, 3.05) is 6.23 Å². The third-order valence-electron chi connectivity index (χ3n) is 2.11. The highest BCUT2D eigenvalue weighted by molar-refractivity contribution is 6.87. The Labute approximate surface area is 139 Å². The summed E-state index contributed by atoms with van der Waals surface area (Å²) < 4.78 is 23.3. The van der Waals surface area contributed by atoms with Crippen molar-refractivity contribution in [3.8, 4) is 0 Å². The maximum atomic E-state index is 10.1. The van der Waals surface area contributed by atoms with Gasteiger partial charge in [0.25, 0.3) is 0 Å². The molecule has 0 aliphatic carbocycles. The number of hydrogen-bond donors (Lipinski definition) is 3. The summed E-state index contributed by atoms with van der Waals surface area (Å²) in [6, 6.07) is 0. The summed E-state index contributed by atoms with van der Waals surface area (Å²) in [5.41, 5.74) is 0. The van der Waals surface area contributed by atoms with Crippen molar-refractivity contribution in [1.82, 2.24) is 0 Å². The van der Waals surface area contributed by atoms with E-state index in [2.05, 4.69) is 0 Å². The SMILES string of the molecule is C[Si](C)(O)OC[Si](C)(O[Si](C)(C)O)O[Si](C)(C)O[Si](C)(C)O. The molecular formula is C10H32O7Si5. The molecule has 0 spiro atoms. The normalized spacial score (nSPS) is 17.5. The van der Waals surface area contributed by atoms with Gasteiger partial charge in [0.1, 0.15) is 0 Å². The molecule has 0 rings (SSSR count). The molecule has 0 heterocycles. The first kappa shape index (κ1) is 22.8. The van der Waals surface area contributed by atoms with Crippen LogP contribution in [0, 0.1) is 0 Å². The van der Waals surface area contributed by atoms with Crippen LogP contribution >= 0.6 is 0 Å². The summed E-state index contributed by atoms with van der Waals surface area (Å²) in [5, 5.41) is 0. The molecule has 0 aromatic rings. The molecule has 1 unspecified atom stereocenters. The molecule has 3 N–H and O–H groups in total. The van der Waals surface area contributed by atoms with Crippen molar-refractivity contribution in [2.45, 2.75) is 58.9 Å². The average molecular weight is 405 g/mol. The van der Waals surface area contributed by atoms with Crippen LogP contribution in [0.5, 0.6) is 0 Å². The van der Waals surface area contributed by atoms with Gasteiger partial charge in [-0.15, -0.1) is 0 Å². The van der Waals surface area contributed by atoms with E-state index in [0.717, 1.165) is 0 Å². The Morgan fingerprint density at radius 2 is 1.00 bits per heavy atom. The van der Waals surface area contributed by atoms with Gasteiger partial charge in [-0.05, 0) is 58.9 Å². The van der Waals surface area contributed by atoms with Crippen LogP contribution in [0.1, 0.15) is 0 Å². The van der Waals surface area contributed by atoms with E-state index in [-0.39, 0.29) is 6.23 Å². The first-order chi connectivity index (χ1) is 9.33. The Hall–Kier alpha value is 0.804. The summed E-state index contributed by atoms with van der Waals surface area (Å²) in [6.45, 7) is 15.4. The molecule has 0 aromatic carbocycles. The Kier molecular flexibility index (Phi) is 7.63. The molecule has 0 aromatic heterocycles. The first-order valence-electron chi connectivity index (χ1n) is 7.24. The van der Waals surface area contributed by atoms with E-state index < -0.39 is 42.8 Å². The van der Waals surface area contributed by atoms with Crippen molar-refractivity contribution >= 4 is 42.8 Å². The Bertz CT molecular complexity index is 360. The fraction of sp³-hybridized carbons (Fsp3) is 1.00. The van der Waals surface area contributed by atoms with Crippen molar-refractivity contribution in [1.29, 1.82) is 0 Å². The zero-order valence-electron chi connectivity index (χ0n) is 15.2. The Morgan fingerprint density at radius 1 is 0.591 bits per heavy atom. The van der Waals surface area contributed by atoms with E-state index in [0.29, 0.717) is 0 Å². The van der Waals surface area contributed by atoms with Crippen LogP contribution in [-0.2, 0) is 16.8 Å². The molecule has 7 nitrogen and oxygen atoms in total. The van der Waals surface area contributed by atoms with Gasteiger partial charge in [-0.1, -0.05) is 0 Å². The van der Waals surface area contributed by atoms with Crippen molar-refractivity contribution in [3.05, 3.63) is 0 Å². The zero-order valence-corrected chi connectivity index (χ0v) is 20.2. The molecule has 22 heavy (non-hydrogen) atoms. The maximum absolute atomic E-state index is 10.1. The van der Waals surface area contributed by atoms with Gasteiger partial charge in [-0.2, -0.15) is 0 Å². The number of hydrogen-bond acceptors (Lipinski definition) is 7. The smallest absolute Gasteiger partial charge is 0.342 e. The van der Waals surface area contributed by atoms with Crippen LogP contribution in [0.15, 0.2) is 0 Å². The van der Waals surface area contributed by atoms with Crippen molar-refractivity contribution < 1.29 is 31.2 Å². The van der Waals surface area contributed by atoms with Gasteiger partial charge in [0.2, 0.25) is 0 Å². The van der Waals surface area contributed by atoms with Crippen molar-refractivity contribution in [2.24, 2.45) is 0 Å². The second-order valence-corrected chi connectivity index (χ2v) is 24.2. The lowest BCUT2D eigenvalue weighted by Gasteiger charge is -2.40. The van der Waals surface area contributed by atoms with Crippen LogP contribution in [-0.4, -0.2) is 63.4 Å². The molecule has 0 aliphatic heterocycles. The third-order valence-corrected chi connectivity index (χ3v) is 15.3. The predicted octanol–water partition coefficient (Wildman–Crippen LogP) is 1.45. The minimum Gasteiger partial charge on any atom is -0.416 e. The van der Waals surface area contributed by atoms with Crippen LogP contribution in [0.2, 0.25) is 58.9 Å². The molecule has 0 radical (unpaired) electrons. The van der Waals surface area contributed by atoms with E-state index in [4.69, 9.17) is 16.8 Å². The predicted molar refractivity (Wildman–Crippen MR) is 97.4 cm³/mol. The van der Waals surface area contributed by atoms with Crippen LogP contribution < -0.4 is 0 Å². The zero-order chi connectivity index (χ0) is 18.0.